The summed E-state index contributed by atoms with van der Waals surface area (Å²) in [5.41, 5.74) is 0. The van der Waals surface area contributed by atoms with E-state index in [4.69, 9.17) is 0 Å². The van der Waals surface area contributed by atoms with Crippen LogP contribution in [-0.2, 0) is 0 Å². The number of rotatable bonds is 4. The lowest BCUT2D eigenvalue weighted by atomic mass is 10.1. The maximum absolute atomic E-state index is 9.33. The fourth-order valence-electron chi connectivity index (χ4n) is 0.965. The van der Waals surface area contributed by atoms with Gasteiger partial charge in [0.05, 0.1) is 0 Å². The quantitative estimate of drug-likeness (QED) is 0.521. The minimum Gasteiger partial charge on any atom is -0.435 e. The summed E-state index contributed by atoms with van der Waals surface area (Å²) >= 11 is 0. The molecule has 5 nitrogen and oxygen atoms in total. The maximum atomic E-state index is 9.33. The van der Waals surface area contributed by atoms with Gasteiger partial charge < -0.3 is 25.2 Å². The van der Waals surface area contributed by atoms with Crippen molar-refractivity contribution in [1.82, 2.24) is 0 Å². The Morgan fingerprint density at radius 2 is 1.60 bits per heavy atom. The molecule has 0 heterocycles. The van der Waals surface area contributed by atoms with E-state index in [1.165, 1.54) is 19.1 Å². The molecule has 0 saturated carbocycles. The van der Waals surface area contributed by atoms with Crippen molar-refractivity contribution >= 4 is 0 Å². The van der Waals surface area contributed by atoms with Gasteiger partial charge in [-0.3, -0.25) is 0 Å². The highest BCUT2D eigenvalue weighted by molar-refractivity contribution is 5.21. The molecule has 0 spiro atoms. The van der Waals surface area contributed by atoms with E-state index in [9.17, 15) is 20.4 Å². The second-order valence-corrected chi connectivity index (χ2v) is 3.19. The van der Waals surface area contributed by atoms with Crippen LogP contribution in [0.4, 0.5) is 0 Å². The zero-order chi connectivity index (χ0) is 11.5. The molecule has 0 radical (unpaired) electrons. The average Bonchev–Trinajstić information content (AvgIpc) is 2.18. The summed E-state index contributed by atoms with van der Waals surface area (Å²) in [6.45, 7) is 1.38. The predicted molar refractivity (Wildman–Crippen MR) is 51.7 cm³/mol. The summed E-state index contributed by atoms with van der Waals surface area (Å²) in [6.07, 6.45) is -0.285. The number of ether oxygens (including phenoxy) is 1. The Kier molecular flexibility index (Phi) is 3.31. The van der Waals surface area contributed by atoms with Crippen LogP contribution in [0.5, 0.6) is 5.75 Å². The number of benzene rings is 1. The van der Waals surface area contributed by atoms with E-state index in [1.54, 1.807) is 18.2 Å². The molecule has 5 heteroatoms. The predicted octanol–water partition coefficient (Wildman–Crippen LogP) is -0.205. The van der Waals surface area contributed by atoms with Crippen molar-refractivity contribution in [2.24, 2.45) is 0 Å². The third kappa shape index (κ3) is 2.66. The summed E-state index contributed by atoms with van der Waals surface area (Å²) in [5, 5.41) is 37.1. The lowest BCUT2D eigenvalue weighted by molar-refractivity contribution is -0.433. The van der Waals surface area contributed by atoms with Gasteiger partial charge in [0, 0.05) is 6.42 Å². The Morgan fingerprint density at radius 1 is 1.07 bits per heavy atom. The topological polar surface area (TPSA) is 90.2 Å². The van der Waals surface area contributed by atoms with Crippen LogP contribution in [0.1, 0.15) is 13.3 Å². The highest BCUT2D eigenvalue weighted by Crippen LogP contribution is 2.24. The molecule has 0 bridgehead atoms. The van der Waals surface area contributed by atoms with E-state index in [-0.39, 0.29) is 12.2 Å². The van der Waals surface area contributed by atoms with E-state index in [2.05, 4.69) is 4.74 Å². The van der Waals surface area contributed by atoms with Crippen molar-refractivity contribution in [3.05, 3.63) is 30.3 Å². The van der Waals surface area contributed by atoms with E-state index in [1.807, 2.05) is 0 Å². The summed E-state index contributed by atoms with van der Waals surface area (Å²) in [4.78, 5) is 0. The number of hydrogen-bond donors (Lipinski definition) is 4. The van der Waals surface area contributed by atoms with Gasteiger partial charge in [-0.1, -0.05) is 25.1 Å². The Hall–Kier alpha value is -1.14. The molecule has 0 atom stereocenters. The first-order valence-corrected chi connectivity index (χ1v) is 4.52. The first-order chi connectivity index (χ1) is 6.89. The first kappa shape index (κ1) is 11.9. The van der Waals surface area contributed by atoms with Gasteiger partial charge in [-0.05, 0) is 12.1 Å². The van der Waals surface area contributed by atoms with Crippen LogP contribution in [0.15, 0.2) is 30.3 Å². The molecule has 1 rings (SSSR count). The third-order valence-corrected chi connectivity index (χ3v) is 2.02. The SMILES string of the molecule is CCC(O)(O)C(O)(O)Oc1ccccc1. The van der Waals surface area contributed by atoms with Crippen LogP contribution in [0.25, 0.3) is 0 Å². The van der Waals surface area contributed by atoms with Crippen molar-refractivity contribution in [3.63, 3.8) is 0 Å². The smallest absolute Gasteiger partial charge is 0.379 e. The molecular formula is C10H14O5. The molecule has 84 valence electrons. The Morgan fingerprint density at radius 3 is 2.07 bits per heavy atom. The van der Waals surface area contributed by atoms with Crippen molar-refractivity contribution in [2.45, 2.75) is 25.1 Å². The van der Waals surface area contributed by atoms with Gasteiger partial charge in [0.15, 0.2) is 0 Å². The number of hydrogen-bond acceptors (Lipinski definition) is 5. The lowest BCUT2D eigenvalue weighted by Crippen LogP contribution is -2.58. The largest absolute Gasteiger partial charge is 0.435 e. The number of para-hydroxylation sites is 1. The zero-order valence-corrected chi connectivity index (χ0v) is 8.29. The van der Waals surface area contributed by atoms with Gasteiger partial charge >= 0.3 is 5.97 Å². The highest BCUT2D eigenvalue weighted by Gasteiger charge is 2.49. The molecule has 0 fully saturated rings. The van der Waals surface area contributed by atoms with E-state index in [0.29, 0.717) is 0 Å². The normalized spacial score (nSPS) is 12.6. The van der Waals surface area contributed by atoms with Crippen LogP contribution in [0.3, 0.4) is 0 Å². The molecule has 0 aliphatic rings. The Bertz CT molecular complexity index is 307. The Balaban J connectivity index is 2.81. The van der Waals surface area contributed by atoms with E-state index >= 15 is 0 Å². The van der Waals surface area contributed by atoms with Crippen molar-refractivity contribution in [3.8, 4) is 5.75 Å². The second kappa shape index (κ2) is 4.16. The molecular weight excluding hydrogens is 200 g/mol. The third-order valence-electron chi connectivity index (χ3n) is 2.02. The fraction of sp³-hybridized carbons (Fsp3) is 0.400. The summed E-state index contributed by atoms with van der Waals surface area (Å²) < 4.78 is 4.67. The lowest BCUT2D eigenvalue weighted by Gasteiger charge is -2.33. The summed E-state index contributed by atoms with van der Waals surface area (Å²) in [5.74, 6) is -5.63. The van der Waals surface area contributed by atoms with Gasteiger partial charge in [0.1, 0.15) is 5.75 Å². The first-order valence-electron chi connectivity index (χ1n) is 4.52. The Labute approximate surface area is 87.2 Å². The van der Waals surface area contributed by atoms with Crippen LogP contribution in [0, 0.1) is 0 Å². The van der Waals surface area contributed by atoms with Crippen molar-refractivity contribution in [2.75, 3.05) is 0 Å². The van der Waals surface area contributed by atoms with Gasteiger partial charge in [-0.15, -0.1) is 0 Å². The van der Waals surface area contributed by atoms with Gasteiger partial charge in [0.25, 0.3) is 5.79 Å². The molecule has 1 aromatic carbocycles. The average molecular weight is 214 g/mol. The fourth-order valence-corrected chi connectivity index (χ4v) is 0.965. The van der Waals surface area contributed by atoms with E-state index in [0.717, 1.165) is 0 Å². The van der Waals surface area contributed by atoms with Crippen LogP contribution in [0.2, 0.25) is 0 Å². The molecule has 0 amide bonds. The van der Waals surface area contributed by atoms with E-state index < -0.39 is 11.8 Å². The molecule has 0 saturated heterocycles. The zero-order valence-electron chi connectivity index (χ0n) is 8.29. The molecule has 0 unspecified atom stereocenters. The standard InChI is InChI=1S/C10H14O5/c1-2-9(11,12)10(13,14)15-8-6-4-3-5-7-8/h3-7,11-14H,2H2,1H3. The second-order valence-electron chi connectivity index (χ2n) is 3.19. The monoisotopic (exact) mass is 214 g/mol. The molecule has 4 N–H and O–H groups in total. The highest BCUT2D eigenvalue weighted by atomic mass is 16.8. The molecule has 0 aromatic heterocycles. The minimum atomic E-state index is -3.04. The minimum absolute atomic E-state index is 0.128. The van der Waals surface area contributed by atoms with Gasteiger partial charge in [-0.2, -0.15) is 0 Å². The molecule has 0 aliphatic carbocycles. The number of aliphatic hydroxyl groups is 4. The van der Waals surface area contributed by atoms with Crippen molar-refractivity contribution in [1.29, 1.82) is 0 Å². The van der Waals surface area contributed by atoms with Gasteiger partial charge in [-0.25, -0.2) is 0 Å². The molecule has 1 aromatic rings. The molecule has 15 heavy (non-hydrogen) atoms. The van der Waals surface area contributed by atoms with Crippen LogP contribution < -0.4 is 4.74 Å². The molecule has 0 aliphatic heterocycles. The summed E-state index contributed by atoms with van der Waals surface area (Å²) in [7, 11) is 0. The van der Waals surface area contributed by atoms with Crippen molar-refractivity contribution < 1.29 is 25.2 Å². The van der Waals surface area contributed by atoms with Gasteiger partial charge in [0.2, 0.25) is 0 Å². The van der Waals surface area contributed by atoms with Crippen LogP contribution in [-0.4, -0.2) is 32.2 Å². The van der Waals surface area contributed by atoms with Crippen LogP contribution >= 0.6 is 0 Å². The summed E-state index contributed by atoms with van der Waals surface area (Å²) in [6, 6.07) is 7.88. The maximum Gasteiger partial charge on any atom is 0.379 e.